The van der Waals surface area contributed by atoms with Crippen LogP contribution >= 0.6 is 0 Å². The van der Waals surface area contributed by atoms with Crippen LogP contribution in [-0.2, 0) is 18.2 Å². The van der Waals surface area contributed by atoms with Crippen molar-refractivity contribution in [3.05, 3.63) is 18.0 Å². The van der Waals surface area contributed by atoms with E-state index in [0.717, 1.165) is 19.4 Å². The number of hydrogen-bond donors (Lipinski definition) is 2. The first-order valence-corrected chi connectivity index (χ1v) is 5.72. The summed E-state index contributed by atoms with van der Waals surface area (Å²) in [5.74, 6) is 0.480. The van der Waals surface area contributed by atoms with E-state index in [-0.39, 0.29) is 0 Å². The van der Waals surface area contributed by atoms with Crippen molar-refractivity contribution >= 4 is 5.96 Å². The second kappa shape index (κ2) is 7.67. The maximum atomic E-state index is 5.66. The number of ether oxygens (including phenoxy) is 1. The smallest absolute Gasteiger partial charge is 0.188 e. The number of hydrogen-bond acceptors (Lipinski definition) is 3. The lowest BCUT2D eigenvalue weighted by Gasteiger charge is -2.04. The van der Waals surface area contributed by atoms with Crippen LogP contribution in [0.15, 0.2) is 17.4 Å². The summed E-state index contributed by atoms with van der Waals surface area (Å²) in [6.07, 6.45) is 5.84. The summed E-state index contributed by atoms with van der Waals surface area (Å²) in [7, 11) is 3.57. The SMILES string of the molecule is COCCNC(N)=NCCCc1cnn(C)c1. The Hall–Kier alpha value is -1.56. The van der Waals surface area contributed by atoms with Crippen LogP contribution in [0.25, 0.3) is 0 Å². The number of aryl methyl sites for hydroxylation is 2. The quantitative estimate of drug-likeness (QED) is 0.396. The van der Waals surface area contributed by atoms with Crippen LogP contribution in [0.4, 0.5) is 0 Å². The van der Waals surface area contributed by atoms with Crippen LogP contribution < -0.4 is 11.1 Å². The highest BCUT2D eigenvalue weighted by molar-refractivity contribution is 5.77. The third-order valence-electron chi connectivity index (χ3n) is 2.28. The largest absolute Gasteiger partial charge is 0.383 e. The minimum absolute atomic E-state index is 0.480. The highest BCUT2D eigenvalue weighted by Crippen LogP contribution is 2.00. The van der Waals surface area contributed by atoms with Crippen molar-refractivity contribution < 1.29 is 4.74 Å². The molecule has 0 amide bonds. The van der Waals surface area contributed by atoms with Gasteiger partial charge in [0.25, 0.3) is 0 Å². The molecule has 1 heterocycles. The molecule has 3 N–H and O–H groups in total. The minimum Gasteiger partial charge on any atom is -0.383 e. The Morgan fingerprint density at radius 2 is 2.47 bits per heavy atom. The Balaban J connectivity index is 2.12. The normalized spacial score (nSPS) is 11.8. The van der Waals surface area contributed by atoms with Gasteiger partial charge in [-0.2, -0.15) is 5.10 Å². The maximum Gasteiger partial charge on any atom is 0.188 e. The number of aliphatic imine (C=N–C) groups is 1. The van der Waals surface area contributed by atoms with E-state index in [1.165, 1.54) is 5.56 Å². The third-order valence-corrected chi connectivity index (χ3v) is 2.28. The van der Waals surface area contributed by atoms with E-state index in [2.05, 4.69) is 15.4 Å². The number of rotatable bonds is 7. The molecule has 0 aliphatic rings. The summed E-state index contributed by atoms with van der Waals surface area (Å²) >= 11 is 0. The van der Waals surface area contributed by atoms with Gasteiger partial charge in [-0.25, -0.2) is 0 Å². The van der Waals surface area contributed by atoms with Crippen molar-refractivity contribution in [3.63, 3.8) is 0 Å². The van der Waals surface area contributed by atoms with Gasteiger partial charge in [-0.15, -0.1) is 0 Å². The van der Waals surface area contributed by atoms with Gasteiger partial charge in [0.1, 0.15) is 0 Å². The summed E-state index contributed by atoms with van der Waals surface area (Å²) in [5, 5.41) is 7.08. The summed E-state index contributed by atoms with van der Waals surface area (Å²) in [5.41, 5.74) is 6.90. The number of guanidine groups is 1. The molecule has 0 aromatic carbocycles. The van der Waals surface area contributed by atoms with Gasteiger partial charge in [-0.3, -0.25) is 9.67 Å². The maximum absolute atomic E-state index is 5.66. The molecule has 0 aliphatic carbocycles. The molecule has 17 heavy (non-hydrogen) atoms. The first kappa shape index (κ1) is 13.5. The van der Waals surface area contributed by atoms with Crippen LogP contribution in [0.3, 0.4) is 0 Å². The molecule has 0 spiro atoms. The van der Waals surface area contributed by atoms with Crippen LogP contribution in [-0.4, -0.2) is 42.5 Å². The summed E-state index contributed by atoms with van der Waals surface area (Å²) in [6, 6.07) is 0. The average Bonchev–Trinajstić information content (AvgIpc) is 2.71. The van der Waals surface area contributed by atoms with Crippen LogP contribution in [0.5, 0.6) is 0 Å². The topological polar surface area (TPSA) is 77.5 Å². The fourth-order valence-electron chi connectivity index (χ4n) is 1.42. The molecule has 0 saturated heterocycles. The minimum atomic E-state index is 0.480. The summed E-state index contributed by atoms with van der Waals surface area (Å²) in [4.78, 5) is 4.22. The lowest BCUT2D eigenvalue weighted by Crippen LogP contribution is -2.34. The van der Waals surface area contributed by atoms with Gasteiger partial charge in [0.05, 0.1) is 12.8 Å². The van der Waals surface area contributed by atoms with Crippen molar-refractivity contribution in [2.75, 3.05) is 26.8 Å². The lowest BCUT2D eigenvalue weighted by molar-refractivity contribution is 0.204. The zero-order valence-corrected chi connectivity index (χ0v) is 10.5. The highest BCUT2D eigenvalue weighted by atomic mass is 16.5. The predicted octanol–water partition coefficient (Wildman–Crippen LogP) is -0.0966. The molecule has 6 nitrogen and oxygen atoms in total. The first-order chi connectivity index (χ1) is 8.22. The molecule has 96 valence electrons. The van der Waals surface area contributed by atoms with Gasteiger partial charge < -0.3 is 15.8 Å². The van der Waals surface area contributed by atoms with Crippen LogP contribution in [0, 0.1) is 0 Å². The van der Waals surface area contributed by atoms with E-state index in [4.69, 9.17) is 10.5 Å². The monoisotopic (exact) mass is 239 g/mol. The first-order valence-electron chi connectivity index (χ1n) is 5.72. The molecule has 0 atom stereocenters. The van der Waals surface area contributed by atoms with Crippen molar-refractivity contribution in [2.24, 2.45) is 17.8 Å². The number of nitrogens with one attached hydrogen (secondary N) is 1. The van der Waals surface area contributed by atoms with Crippen molar-refractivity contribution in [1.82, 2.24) is 15.1 Å². The molecule has 0 saturated carbocycles. The van der Waals surface area contributed by atoms with Crippen molar-refractivity contribution in [2.45, 2.75) is 12.8 Å². The Bertz CT molecular complexity index is 347. The molecule has 1 rings (SSSR count). The standard InChI is InChI=1S/C11H21N5O/c1-16-9-10(8-15-16)4-3-5-13-11(12)14-6-7-17-2/h8-9H,3-7H2,1-2H3,(H3,12,13,14). The van der Waals surface area contributed by atoms with Crippen molar-refractivity contribution in [3.8, 4) is 0 Å². The molecule has 0 fully saturated rings. The van der Waals surface area contributed by atoms with E-state index in [0.29, 0.717) is 19.1 Å². The Kier molecular flexibility index (Phi) is 6.09. The number of nitrogens with two attached hydrogens (primary N) is 1. The highest BCUT2D eigenvalue weighted by Gasteiger charge is 1.96. The van der Waals surface area contributed by atoms with Gasteiger partial charge in [0.2, 0.25) is 0 Å². The van der Waals surface area contributed by atoms with Gasteiger partial charge in [0.15, 0.2) is 5.96 Å². The second-order valence-electron chi connectivity index (χ2n) is 3.81. The van der Waals surface area contributed by atoms with E-state index >= 15 is 0 Å². The Labute approximate surface area is 102 Å². The molecule has 0 aliphatic heterocycles. The molecular formula is C11H21N5O. The number of nitrogens with zero attached hydrogens (tertiary/aromatic N) is 3. The molecule has 1 aromatic heterocycles. The molecule has 6 heteroatoms. The zero-order valence-electron chi connectivity index (χ0n) is 10.5. The van der Waals surface area contributed by atoms with E-state index in [1.807, 2.05) is 19.4 Å². The van der Waals surface area contributed by atoms with Gasteiger partial charge >= 0.3 is 0 Å². The second-order valence-corrected chi connectivity index (χ2v) is 3.81. The van der Waals surface area contributed by atoms with E-state index < -0.39 is 0 Å². The zero-order chi connectivity index (χ0) is 12.5. The van der Waals surface area contributed by atoms with E-state index in [9.17, 15) is 0 Å². The van der Waals surface area contributed by atoms with Gasteiger partial charge in [-0.1, -0.05) is 0 Å². The predicted molar refractivity (Wildman–Crippen MR) is 67.9 cm³/mol. The third kappa shape index (κ3) is 5.91. The average molecular weight is 239 g/mol. The van der Waals surface area contributed by atoms with Gasteiger partial charge in [-0.05, 0) is 18.4 Å². The van der Waals surface area contributed by atoms with E-state index in [1.54, 1.807) is 11.8 Å². The summed E-state index contributed by atoms with van der Waals surface area (Å²) < 4.78 is 6.70. The Morgan fingerprint density at radius 3 is 3.12 bits per heavy atom. The summed E-state index contributed by atoms with van der Waals surface area (Å²) in [6.45, 7) is 2.04. The van der Waals surface area contributed by atoms with Crippen LogP contribution in [0.2, 0.25) is 0 Å². The molecular weight excluding hydrogens is 218 g/mol. The fourth-order valence-corrected chi connectivity index (χ4v) is 1.42. The van der Waals surface area contributed by atoms with Gasteiger partial charge in [0, 0.05) is 33.4 Å². The molecule has 1 aromatic rings. The molecule has 0 bridgehead atoms. The van der Waals surface area contributed by atoms with Crippen LogP contribution in [0.1, 0.15) is 12.0 Å². The van der Waals surface area contributed by atoms with Crippen molar-refractivity contribution in [1.29, 1.82) is 0 Å². The number of methoxy groups -OCH3 is 1. The number of aromatic nitrogens is 2. The lowest BCUT2D eigenvalue weighted by atomic mass is 10.2. The molecule has 0 radical (unpaired) electrons. The fraction of sp³-hybridized carbons (Fsp3) is 0.636. The molecule has 0 unspecified atom stereocenters. The Morgan fingerprint density at radius 1 is 1.65 bits per heavy atom.